The first-order valence-electron chi connectivity index (χ1n) is 8.12. The highest BCUT2D eigenvalue weighted by atomic mass is 35.5. The van der Waals surface area contributed by atoms with E-state index in [1.165, 1.54) is 6.07 Å². The summed E-state index contributed by atoms with van der Waals surface area (Å²) < 4.78 is 32.9. The molecule has 1 aliphatic rings. The van der Waals surface area contributed by atoms with E-state index in [-0.39, 0.29) is 27.9 Å². The minimum atomic E-state index is -4.60. The van der Waals surface area contributed by atoms with Gasteiger partial charge in [0.15, 0.2) is 11.6 Å². The molecule has 0 aromatic heterocycles. The summed E-state index contributed by atoms with van der Waals surface area (Å²) in [6.45, 7) is 0. The summed E-state index contributed by atoms with van der Waals surface area (Å²) in [5.41, 5.74) is 1.00. The molecule has 3 aromatic carbocycles. The van der Waals surface area contributed by atoms with Gasteiger partial charge < -0.3 is 5.32 Å². The van der Waals surface area contributed by atoms with Gasteiger partial charge in [0.1, 0.15) is 0 Å². The van der Waals surface area contributed by atoms with Crippen molar-refractivity contribution >= 4 is 44.7 Å². The Kier molecular flexibility index (Phi) is 4.30. The zero-order valence-electron chi connectivity index (χ0n) is 14.1. The van der Waals surface area contributed by atoms with E-state index < -0.39 is 26.6 Å². The largest absolute Gasteiger partial charge is 0.355 e. The third kappa shape index (κ3) is 3.09. The number of carbonyl (C=O) groups is 2. The van der Waals surface area contributed by atoms with Gasteiger partial charge in [0.25, 0.3) is 10.1 Å². The van der Waals surface area contributed by atoms with Gasteiger partial charge in [-0.25, -0.2) is 0 Å². The SMILES string of the molecule is O=C1c2ccccc2C(=O)c2c(Nc3ccc(Cl)cc3)cc(S(=O)(=O)O)cc21. The van der Waals surface area contributed by atoms with Crippen LogP contribution in [-0.2, 0) is 10.1 Å². The summed E-state index contributed by atoms with van der Waals surface area (Å²) in [7, 11) is -4.60. The van der Waals surface area contributed by atoms with E-state index in [4.69, 9.17) is 11.6 Å². The zero-order valence-corrected chi connectivity index (χ0v) is 15.7. The number of fused-ring (bicyclic) bond motifs is 2. The molecule has 0 saturated heterocycles. The molecule has 0 radical (unpaired) electrons. The van der Waals surface area contributed by atoms with Gasteiger partial charge in [-0.05, 0) is 36.4 Å². The highest BCUT2D eigenvalue weighted by Crippen LogP contribution is 2.35. The van der Waals surface area contributed by atoms with Crippen LogP contribution in [0, 0.1) is 0 Å². The van der Waals surface area contributed by atoms with E-state index in [0.717, 1.165) is 12.1 Å². The molecular formula is C20H12ClNO5S. The van der Waals surface area contributed by atoms with Crippen molar-refractivity contribution in [2.24, 2.45) is 0 Å². The van der Waals surface area contributed by atoms with E-state index in [2.05, 4.69) is 5.32 Å². The first-order chi connectivity index (χ1) is 13.3. The van der Waals surface area contributed by atoms with Crippen LogP contribution in [0.3, 0.4) is 0 Å². The van der Waals surface area contributed by atoms with E-state index >= 15 is 0 Å². The fourth-order valence-corrected chi connectivity index (χ4v) is 3.79. The van der Waals surface area contributed by atoms with Crippen LogP contribution in [0.15, 0.2) is 65.6 Å². The fraction of sp³-hybridized carbons (Fsp3) is 0. The quantitative estimate of drug-likeness (QED) is 0.490. The van der Waals surface area contributed by atoms with Crippen molar-refractivity contribution in [2.75, 3.05) is 5.32 Å². The predicted octanol–water partition coefficient (Wildman–Crippen LogP) is 4.11. The number of carbonyl (C=O) groups excluding carboxylic acids is 2. The number of hydrogen-bond acceptors (Lipinski definition) is 5. The van der Waals surface area contributed by atoms with Crippen molar-refractivity contribution < 1.29 is 22.6 Å². The third-order valence-electron chi connectivity index (χ3n) is 4.42. The molecule has 0 aliphatic heterocycles. The molecule has 0 spiro atoms. The molecule has 0 bridgehead atoms. The Morgan fingerprint density at radius 3 is 2.04 bits per heavy atom. The van der Waals surface area contributed by atoms with Crippen molar-refractivity contribution in [3.8, 4) is 0 Å². The van der Waals surface area contributed by atoms with Crippen molar-refractivity contribution in [3.05, 3.63) is 87.9 Å². The van der Waals surface area contributed by atoms with Gasteiger partial charge in [-0.2, -0.15) is 8.42 Å². The van der Waals surface area contributed by atoms with E-state index in [0.29, 0.717) is 10.7 Å². The number of anilines is 2. The molecule has 0 amide bonds. The first-order valence-corrected chi connectivity index (χ1v) is 9.94. The summed E-state index contributed by atoms with van der Waals surface area (Å²) in [5, 5.41) is 3.45. The fourth-order valence-electron chi connectivity index (χ4n) is 3.13. The van der Waals surface area contributed by atoms with Crippen LogP contribution < -0.4 is 5.32 Å². The van der Waals surface area contributed by atoms with Crippen LogP contribution in [-0.4, -0.2) is 24.5 Å². The van der Waals surface area contributed by atoms with Crippen molar-refractivity contribution in [3.63, 3.8) is 0 Å². The van der Waals surface area contributed by atoms with Crippen LogP contribution in [0.1, 0.15) is 31.8 Å². The monoisotopic (exact) mass is 413 g/mol. The lowest BCUT2D eigenvalue weighted by Gasteiger charge is -2.21. The van der Waals surface area contributed by atoms with Crippen LogP contribution in [0.2, 0.25) is 5.02 Å². The average molecular weight is 414 g/mol. The predicted molar refractivity (Wildman–Crippen MR) is 104 cm³/mol. The van der Waals surface area contributed by atoms with E-state index in [1.807, 2.05) is 0 Å². The lowest BCUT2D eigenvalue weighted by molar-refractivity contribution is 0.0979. The summed E-state index contributed by atoms with van der Waals surface area (Å²) in [5.74, 6) is -0.904. The van der Waals surface area contributed by atoms with Crippen molar-refractivity contribution in [1.29, 1.82) is 0 Å². The summed E-state index contributed by atoms with van der Waals surface area (Å²) >= 11 is 5.87. The standard InChI is InChI=1S/C20H12ClNO5S/c21-11-5-7-12(8-6-11)22-17-10-13(28(25,26)27)9-16-18(17)20(24)15-4-2-1-3-14(15)19(16)23/h1-10,22H,(H,25,26,27). The van der Waals surface area contributed by atoms with E-state index in [1.54, 1.807) is 42.5 Å². The smallest absolute Gasteiger partial charge is 0.294 e. The molecule has 3 aromatic rings. The second kappa shape index (κ2) is 6.56. The Labute approximate surface area is 165 Å². The van der Waals surface area contributed by atoms with Gasteiger partial charge in [-0.1, -0.05) is 35.9 Å². The van der Waals surface area contributed by atoms with Crippen molar-refractivity contribution in [1.82, 2.24) is 0 Å². The number of nitrogens with one attached hydrogen (secondary N) is 1. The summed E-state index contributed by atoms with van der Waals surface area (Å²) in [4.78, 5) is 25.5. The molecule has 28 heavy (non-hydrogen) atoms. The molecule has 1 aliphatic carbocycles. The molecule has 4 rings (SSSR count). The molecule has 8 heteroatoms. The Bertz CT molecular complexity index is 1250. The second-order valence-corrected chi connectivity index (χ2v) is 8.06. The van der Waals surface area contributed by atoms with Crippen LogP contribution in [0.4, 0.5) is 11.4 Å². The molecule has 0 saturated carbocycles. The van der Waals surface area contributed by atoms with Gasteiger partial charge in [0.2, 0.25) is 0 Å². The Hall–Kier alpha value is -3.00. The minimum Gasteiger partial charge on any atom is -0.355 e. The Balaban J connectivity index is 1.96. The van der Waals surface area contributed by atoms with Gasteiger partial charge in [0.05, 0.1) is 16.1 Å². The van der Waals surface area contributed by atoms with Crippen LogP contribution >= 0.6 is 11.6 Å². The lowest BCUT2D eigenvalue weighted by Crippen LogP contribution is -2.23. The Morgan fingerprint density at radius 1 is 0.821 bits per heavy atom. The molecule has 6 nitrogen and oxygen atoms in total. The van der Waals surface area contributed by atoms with E-state index in [9.17, 15) is 22.6 Å². The summed E-state index contributed by atoms with van der Waals surface area (Å²) in [6.07, 6.45) is 0. The highest BCUT2D eigenvalue weighted by Gasteiger charge is 2.33. The van der Waals surface area contributed by atoms with Crippen LogP contribution in [0.25, 0.3) is 0 Å². The molecule has 0 heterocycles. The molecular weight excluding hydrogens is 402 g/mol. The highest BCUT2D eigenvalue weighted by molar-refractivity contribution is 7.85. The third-order valence-corrected chi connectivity index (χ3v) is 5.50. The van der Waals surface area contributed by atoms with Gasteiger partial charge in [-0.3, -0.25) is 14.1 Å². The molecule has 0 atom stereocenters. The summed E-state index contributed by atoms with van der Waals surface area (Å²) in [6, 6.07) is 15.0. The van der Waals surface area contributed by atoms with Gasteiger partial charge in [-0.15, -0.1) is 0 Å². The second-order valence-electron chi connectivity index (χ2n) is 6.20. The lowest BCUT2D eigenvalue weighted by atomic mass is 9.83. The molecule has 0 unspecified atom stereocenters. The molecule has 2 N–H and O–H groups in total. The zero-order chi connectivity index (χ0) is 20.1. The maximum Gasteiger partial charge on any atom is 0.294 e. The van der Waals surface area contributed by atoms with Crippen LogP contribution in [0.5, 0.6) is 0 Å². The number of rotatable bonds is 3. The molecule has 140 valence electrons. The number of hydrogen-bond donors (Lipinski definition) is 2. The maximum absolute atomic E-state index is 13.1. The molecule has 0 fully saturated rings. The average Bonchev–Trinajstić information content (AvgIpc) is 2.66. The minimum absolute atomic E-state index is 0.0473. The number of halogens is 1. The number of ketones is 2. The first kappa shape index (κ1) is 18.4. The maximum atomic E-state index is 13.1. The van der Waals surface area contributed by atoms with Gasteiger partial charge >= 0.3 is 0 Å². The van der Waals surface area contributed by atoms with Gasteiger partial charge in [0, 0.05) is 27.4 Å². The normalized spacial score (nSPS) is 13.1. The van der Waals surface area contributed by atoms with Crippen molar-refractivity contribution in [2.45, 2.75) is 4.90 Å². The number of benzene rings is 3. The Morgan fingerprint density at radius 2 is 1.43 bits per heavy atom. The topological polar surface area (TPSA) is 101 Å².